The van der Waals surface area contributed by atoms with Crippen LogP contribution in [0.1, 0.15) is 48.2 Å². The quantitative estimate of drug-likeness (QED) is 0.879. The van der Waals surface area contributed by atoms with Gasteiger partial charge in [0.1, 0.15) is 5.75 Å². The number of piperidine rings is 1. The van der Waals surface area contributed by atoms with E-state index in [1.807, 2.05) is 11.6 Å². The van der Waals surface area contributed by atoms with Gasteiger partial charge in [-0.15, -0.1) is 0 Å². The van der Waals surface area contributed by atoms with Gasteiger partial charge in [-0.2, -0.15) is 5.10 Å². The van der Waals surface area contributed by atoms with E-state index in [2.05, 4.69) is 41.2 Å². The van der Waals surface area contributed by atoms with Gasteiger partial charge in [0.15, 0.2) is 0 Å². The third kappa shape index (κ3) is 3.63. The molecule has 146 valence electrons. The van der Waals surface area contributed by atoms with Crippen LogP contribution in [-0.4, -0.2) is 46.1 Å². The Balaban J connectivity index is 1.45. The fourth-order valence-electron chi connectivity index (χ4n) is 4.73. The fraction of sp³-hybridized carbons (Fsp3) is 0.591. The Morgan fingerprint density at radius 1 is 1.15 bits per heavy atom. The van der Waals surface area contributed by atoms with Gasteiger partial charge >= 0.3 is 0 Å². The zero-order chi connectivity index (χ0) is 19.0. The minimum atomic E-state index is -0.0620. The molecular formula is C22H31N3O2. The average molecular weight is 370 g/mol. The minimum absolute atomic E-state index is 0.0620. The number of aliphatic hydroxyl groups excluding tert-OH is 1. The monoisotopic (exact) mass is 369 g/mol. The summed E-state index contributed by atoms with van der Waals surface area (Å²) in [7, 11) is 1.73. The lowest BCUT2D eigenvalue weighted by atomic mass is 9.61. The molecule has 27 heavy (non-hydrogen) atoms. The minimum Gasteiger partial charge on any atom is -0.496 e. The maximum atomic E-state index is 10.1. The van der Waals surface area contributed by atoms with Crippen molar-refractivity contribution in [3.05, 3.63) is 46.8 Å². The summed E-state index contributed by atoms with van der Waals surface area (Å²) in [6.45, 7) is 7.96. The van der Waals surface area contributed by atoms with Crippen LogP contribution in [0, 0.1) is 19.3 Å². The molecule has 5 nitrogen and oxygen atoms in total. The molecule has 1 saturated carbocycles. The number of aliphatic hydroxyl groups is 1. The summed E-state index contributed by atoms with van der Waals surface area (Å²) in [5, 5.41) is 14.7. The largest absolute Gasteiger partial charge is 0.496 e. The first-order valence-corrected chi connectivity index (χ1v) is 10.1. The van der Waals surface area contributed by atoms with Crippen molar-refractivity contribution in [1.82, 2.24) is 14.7 Å². The summed E-state index contributed by atoms with van der Waals surface area (Å²) < 4.78 is 7.63. The molecule has 4 rings (SSSR count). The van der Waals surface area contributed by atoms with Gasteiger partial charge in [0.25, 0.3) is 0 Å². The van der Waals surface area contributed by atoms with Gasteiger partial charge < -0.3 is 9.84 Å². The van der Waals surface area contributed by atoms with Crippen LogP contribution in [0.5, 0.6) is 5.75 Å². The van der Waals surface area contributed by atoms with Crippen LogP contribution in [0.15, 0.2) is 24.3 Å². The van der Waals surface area contributed by atoms with E-state index in [9.17, 15) is 5.11 Å². The molecule has 1 aromatic heterocycles. The smallest absolute Gasteiger partial charge is 0.123 e. The summed E-state index contributed by atoms with van der Waals surface area (Å²) in [6.07, 6.45) is 4.39. The van der Waals surface area contributed by atoms with Crippen molar-refractivity contribution in [2.45, 2.75) is 58.7 Å². The summed E-state index contributed by atoms with van der Waals surface area (Å²) in [5.41, 5.74) is 4.93. The van der Waals surface area contributed by atoms with E-state index in [1.54, 1.807) is 7.11 Å². The van der Waals surface area contributed by atoms with Gasteiger partial charge in [-0.05, 0) is 81.8 Å². The molecule has 2 heterocycles. The number of benzene rings is 1. The molecular weight excluding hydrogens is 338 g/mol. The highest BCUT2D eigenvalue weighted by atomic mass is 16.5. The highest BCUT2D eigenvalue weighted by Gasteiger charge is 2.47. The number of aryl methyl sites for hydroxylation is 2. The molecule has 1 spiro atoms. The highest BCUT2D eigenvalue weighted by molar-refractivity contribution is 5.37. The lowest BCUT2D eigenvalue weighted by Gasteiger charge is -2.51. The molecule has 1 aromatic carbocycles. The van der Waals surface area contributed by atoms with Gasteiger partial charge in [-0.3, -0.25) is 9.58 Å². The van der Waals surface area contributed by atoms with Crippen LogP contribution >= 0.6 is 0 Å². The predicted octanol–water partition coefficient (Wildman–Crippen LogP) is 3.29. The second-order valence-electron chi connectivity index (χ2n) is 8.42. The van der Waals surface area contributed by atoms with Crippen LogP contribution in [0.25, 0.3) is 0 Å². The highest BCUT2D eigenvalue weighted by Crippen LogP contribution is 2.49. The van der Waals surface area contributed by atoms with Crippen LogP contribution < -0.4 is 4.74 Å². The van der Waals surface area contributed by atoms with E-state index in [-0.39, 0.29) is 11.5 Å². The Hall–Kier alpha value is -1.85. The summed E-state index contributed by atoms with van der Waals surface area (Å²) in [6, 6.07) is 8.62. The Morgan fingerprint density at radius 2 is 1.93 bits per heavy atom. The lowest BCUT2D eigenvalue weighted by Crippen LogP contribution is -2.51. The number of ether oxygens (including phenoxy) is 1. The standard InChI is InChI=1S/C22H31N3O2/c1-16-12-17(2)25(23-16)15-19-13-18(4-5-20(19)27-3)14-24-10-8-22(9-11-24)7-6-21(22)26/h4-5,12-13,21,26H,6-11,14-15H2,1-3H3. The summed E-state index contributed by atoms with van der Waals surface area (Å²) >= 11 is 0. The first-order chi connectivity index (χ1) is 13.0. The van der Waals surface area contributed by atoms with Crippen molar-refractivity contribution >= 4 is 0 Å². The van der Waals surface area contributed by atoms with Crippen molar-refractivity contribution in [2.24, 2.45) is 5.41 Å². The predicted molar refractivity (Wildman–Crippen MR) is 106 cm³/mol. The second-order valence-corrected chi connectivity index (χ2v) is 8.42. The van der Waals surface area contributed by atoms with Crippen LogP contribution in [0.3, 0.4) is 0 Å². The Kier molecular flexibility index (Phi) is 4.99. The van der Waals surface area contributed by atoms with E-state index in [1.165, 1.54) is 23.2 Å². The van der Waals surface area contributed by atoms with Crippen LogP contribution in [0.4, 0.5) is 0 Å². The van der Waals surface area contributed by atoms with E-state index in [0.29, 0.717) is 0 Å². The van der Waals surface area contributed by atoms with Gasteiger partial charge in [0.05, 0.1) is 25.5 Å². The number of methoxy groups -OCH3 is 1. The topological polar surface area (TPSA) is 50.5 Å². The molecule has 1 unspecified atom stereocenters. The molecule has 1 N–H and O–H groups in total. The SMILES string of the molecule is COc1ccc(CN2CCC3(CCC3O)CC2)cc1Cn1nc(C)cc1C. The zero-order valence-corrected chi connectivity index (χ0v) is 16.7. The average Bonchev–Trinajstić information content (AvgIpc) is 2.98. The number of hydrogen-bond donors (Lipinski definition) is 1. The Labute approximate surface area is 161 Å². The molecule has 1 aliphatic heterocycles. The molecule has 0 bridgehead atoms. The molecule has 1 atom stereocenters. The third-order valence-electron chi connectivity index (χ3n) is 6.65. The number of rotatable bonds is 5. The van der Waals surface area contributed by atoms with E-state index in [0.717, 1.165) is 56.9 Å². The van der Waals surface area contributed by atoms with Gasteiger partial charge in [0, 0.05) is 17.8 Å². The normalized spacial score (nSPS) is 22.0. The van der Waals surface area contributed by atoms with Gasteiger partial charge in [0.2, 0.25) is 0 Å². The van der Waals surface area contributed by atoms with E-state index < -0.39 is 0 Å². The van der Waals surface area contributed by atoms with Crippen molar-refractivity contribution in [3.8, 4) is 5.75 Å². The van der Waals surface area contributed by atoms with Gasteiger partial charge in [-0.1, -0.05) is 6.07 Å². The van der Waals surface area contributed by atoms with Crippen molar-refractivity contribution in [1.29, 1.82) is 0 Å². The van der Waals surface area contributed by atoms with Crippen LogP contribution in [-0.2, 0) is 13.1 Å². The molecule has 2 aliphatic rings. The van der Waals surface area contributed by atoms with Gasteiger partial charge in [-0.25, -0.2) is 0 Å². The van der Waals surface area contributed by atoms with E-state index >= 15 is 0 Å². The van der Waals surface area contributed by atoms with Crippen molar-refractivity contribution < 1.29 is 9.84 Å². The number of nitrogens with zero attached hydrogens (tertiary/aromatic N) is 3. The molecule has 0 amide bonds. The maximum Gasteiger partial charge on any atom is 0.123 e. The number of aromatic nitrogens is 2. The molecule has 2 fully saturated rings. The first kappa shape index (κ1) is 18.5. The number of likely N-dealkylation sites (tertiary alicyclic amines) is 1. The Morgan fingerprint density at radius 3 is 2.48 bits per heavy atom. The summed E-state index contributed by atoms with van der Waals surface area (Å²) in [5.74, 6) is 0.918. The molecule has 0 radical (unpaired) electrons. The van der Waals surface area contributed by atoms with Crippen LogP contribution in [0.2, 0.25) is 0 Å². The lowest BCUT2D eigenvalue weighted by molar-refractivity contribution is -0.100. The number of hydrogen-bond acceptors (Lipinski definition) is 4. The maximum absolute atomic E-state index is 10.1. The summed E-state index contributed by atoms with van der Waals surface area (Å²) in [4.78, 5) is 2.52. The van der Waals surface area contributed by atoms with Crippen molar-refractivity contribution in [2.75, 3.05) is 20.2 Å². The molecule has 2 aromatic rings. The molecule has 1 saturated heterocycles. The molecule has 1 aliphatic carbocycles. The van der Waals surface area contributed by atoms with E-state index in [4.69, 9.17) is 4.74 Å². The second kappa shape index (κ2) is 7.28. The first-order valence-electron chi connectivity index (χ1n) is 10.1. The zero-order valence-electron chi connectivity index (χ0n) is 16.7. The Bertz CT molecular complexity index is 806. The third-order valence-corrected chi connectivity index (χ3v) is 6.65. The fourth-order valence-corrected chi connectivity index (χ4v) is 4.73. The molecule has 5 heteroatoms. The van der Waals surface area contributed by atoms with Crippen molar-refractivity contribution in [3.63, 3.8) is 0 Å².